The van der Waals surface area contributed by atoms with Crippen LogP contribution >= 0.6 is 0 Å². The SMILES string of the molecule is O=C1CC[C@@H](N2CCN(S(=O)(=O)c3ccc(OC(F)(F)F)cc3)CC2)CN1. The van der Waals surface area contributed by atoms with Crippen molar-refractivity contribution in [3.63, 3.8) is 0 Å². The first kappa shape index (κ1) is 19.9. The van der Waals surface area contributed by atoms with Gasteiger partial charge in [-0.3, -0.25) is 9.69 Å². The Morgan fingerprint density at radius 2 is 1.70 bits per heavy atom. The number of nitrogens with one attached hydrogen (secondary N) is 1. The fourth-order valence-electron chi connectivity index (χ4n) is 3.30. The number of nitrogens with zero attached hydrogens (tertiary/aromatic N) is 2. The molecule has 1 atom stereocenters. The second kappa shape index (κ2) is 7.64. The van der Waals surface area contributed by atoms with E-state index in [0.717, 1.165) is 30.7 Å². The van der Waals surface area contributed by atoms with Crippen molar-refractivity contribution in [1.29, 1.82) is 0 Å². The van der Waals surface area contributed by atoms with E-state index in [-0.39, 0.29) is 29.9 Å². The minimum Gasteiger partial charge on any atom is -0.406 e. The normalized spacial score (nSPS) is 23.1. The Hall–Kier alpha value is -1.85. The van der Waals surface area contributed by atoms with Gasteiger partial charge in [0.2, 0.25) is 15.9 Å². The molecule has 2 aliphatic heterocycles. The summed E-state index contributed by atoms with van der Waals surface area (Å²) in [6, 6.07) is 4.40. The van der Waals surface area contributed by atoms with Crippen LogP contribution in [0.4, 0.5) is 13.2 Å². The number of alkyl halides is 3. The third-order valence-electron chi connectivity index (χ3n) is 4.72. The lowest BCUT2D eigenvalue weighted by molar-refractivity contribution is -0.274. The first-order valence-corrected chi connectivity index (χ1v) is 9.96. The van der Waals surface area contributed by atoms with Gasteiger partial charge >= 0.3 is 6.36 Å². The lowest BCUT2D eigenvalue weighted by Gasteiger charge is -2.40. The van der Waals surface area contributed by atoms with Gasteiger partial charge in [0.25, 0.3) is 0 Å². The molecule has 11 heteroatoms. The van der Waals surface area contributed by atoms with Gasteiger partial charge in [-0.15, -0.1) is 13.2 Å². The molecule has 27 heavy (non-hydrogen) atoms. The van der Waals surface area contributed by atoms with E-state index < -0.39 is 22.1 Å². The second-order valence-corrected chi connectivity index (χ2v) is 8.39. The number of sulfonamides is 1. The Kier molecular flexibility index (Phi) is 5.63. The van der Waals surface area contributed by atoms with Gasteiger partial charge in [0.05, 0.1) is 4.90 Å². The molecule has 0 unspecified atom stereocenters. The van der Waals surface area contributed by atoms with E-state index >= 15 is 0 Å². The highest BCUT2D eigenvalue weighted by Gasteiger charge is 2.33. The molecule has 1 aromatic rings. The zero-order valence-electron chi connectivity index (χ0n) is 14.4. The lowest BCUT2D eigenvalue weighted by Crippen LogP contribution is -2.55. The fourth-order valence-corrected chi connectivity index (χ4v) is 4.73. The van der Waals surface area contributed by atoms with E-state index in [4.69, 9.17) is 0 Å². The van der Waals surface area contributed by atoms with Gasteiger partial charge in [-0.05, 0) is 30.7 Å². The average Bonchev–Trinajstić information content (AvgIpc) is 2.62. The molecule has 7 nitrogen and oxygen atoms in total. The molecule has 150 valence electrons. The molecule has 2 aliphatic rings. The monoisotopic (exact) mass is 407 g/mol. The van der Waals surface area contributed by atoms with E-state index in [1.165, 1.54) is 4.31 Å². The number of rotatable bonds is 4. The van der Waals surface area contributed by atoms with Crippen molar-refractivity contribution in [3.8, 4) is 5.75 Å². The first-order valence-electron chi connectivity index (χ1n) is 8.52. The predicted molar refractivity (Wildman–Crippen MR) is 89.5 cm³/mol. The number of halogens is 3. The summed E-state index contributed by atoms with van der Waals surface area (Å²) in [7, 11) is -3.79. The summed E-state index contributed by atoms with van der Waals surface area (Å²) >= 11 is 0. The topological polar surface area (TPSA) is 79.0 Å². The van der Waals surface area contributed by atoms with Gasteiger partial charge < -0.3 is 10.1 Å². The molecule has 0 bridgehead atoms. The molecule has 0 aromatic heterocycles. The van der Waals surface area contributed by atoms with Crippen molar-refractivity contribution in [2.75, 3.05) is 32.7 Å². The van der Waals surface area contributed by atoms with Crippen LogP contribution in [0.15, 0.2) is 29.2 Å². The number of amides is 1. The molecule has 2 saturated heterocycles. The Morgan fingerprint density at radius 1 is 1.07 bits per heavy atom. The molecule has 0 saturated carbocycles. The van der Waals surface area contributed by atoms with Crippen LogP contribution in [0.1, 0.15) is 12.8 Å². The molecular weight excluding hydrogens is 387 g/mol. The Bertz CT molecular complexity index is 765. The van der Waals surface area contributed by atoms with Gasteiger partial charge in [0.1, 0.15) is 5.75 Å². The van der Waals surface area contributed by atoms with Crippen LogP contribution < -0.4 is 10.1 Å². The van der Waals surface area contributed by atoms with Crippen LogP contribution in [-0.4, -0.2) is 68.7 Å². The van der Waals surface area contributed by atoms with Crippen molar-refractivity contribution in [2.24, 2.45) is 0 Å². The molecular formula is C16H20F3N3O4S. The maximum atomic E-state index is 12.7. The van der Waals surface area contributed by atoms with Crippen LogP contribution in [0, 0.1) is 0 Å². The van der Waals surface area contributed by atoms with E-state index in [1.807, 2.05) is 0 Å². The summed E-state index contributed by atoms with van der Waals surface area (Å²) in [6.45, 7) is 2.21. The summed E-state index contributed by atoms with van der Waals surface area (Å²) in [6.07, 6.45) is -3.61. The number of benzene rings is 1. The third-order valence-corrected chi connectivity index (χ3v) is 6.64. The van der Waals surface area contributed by atoms with Crippen molar-refractivity contribution in [2.45, 2.75) is 30.1 Å². The van der Waals surface area contributed by atoms with Crippen LogP contribution in [0.2, 0.25) is 0 Å². The molecule has 2 fully saturated rings. The predicted octanol–water partition coefficient (Wildman–Crippen LogP) is 1.17. The highest BCUT2D eigenvalue weighted by molar-refractivity contribution is 7.89. The summed E-state index contributed by atoms with van der Waals surface area (Å²) in [4.78, 5) is 13.3. The number of hydrogen-bond donors (Lipinski definition) is 1. The summed E-state index contributed by atoms with van der Waals surface area (Å²) in [5.41, 5.74) is 0. The minimum atomic E-state index is -4.82. The highest BCUT2D eigenvalue weighted by Crippen LogP contribution is 2.26. The number of piperidine rings is 1. The zero-order valence-corrected chi connectivity index (χ0v) is 15.2. The largest absolute Gasteiger partial charge is 0.573 e. The molecule has 0 spiro atoms. The average molecular weight is 407 g/mol. The summed E-state index contributed by atoms with van der Waals surface area (Å²) in [5, 5.41) is 2.81. The van der Waals surface area contributed by atoms with Crippen molar-refractivity contribution in [3.05, 3.63) is 24.3 Å². The quantitative estimate of drug-likeness (QED) is 0.811. The van der Waals surface area contributed by atoms with Gasteiger partial charge in [0, 0.05) is 45.2 Å². The molecule has 0 radical (unpaired) electrons. The van der Waals surface area contributed by atoms with Gasteiger partial charge in [-0.25, -0.2) is 8.42 Å². The van der Waals surface area contributed by atoms with Crippen LogP contribution in [-0.2, 0) is 14.8 Å². The van der Waals surface area contributed by atoms with Crippen LogP contribution in [0.25, 0.3) is 0 Å². The smallest absolute Gasteiger partial charge is 0.406 e. The highest BCUT2D eigenvalue weighted by atomic mass is 32.2. The molecule has 1 amide bonds. The van der Waals surface area contributed by atoms with Gasteiger partial charge in [-0.1, -0.05) is 0 Å². The van der Waals surface area contributed by atoms with Gasteiger partial charge in [-0.2, -0.15) is 4.31 Å². The molecule has 2 heterocycles. The molecule has 3 rings (SSSR count). The lowest BCUT2D eigenvalue weighted by atomic mass is 10.0. The standard InChI is InChI=1S/C16H20F3N3O4S/c17-16(18,19)26-13-2-4-14(5-3-13)27(24,25)22-9-7-21(8-10-22)12-1-6-15(23)20-11-12/h2-5,12H,1,6-11H2,(H,20,23)/t12-/m1/s1. The van der Waals surface area contributed by atoms with Crippen molar-refractivity contribution < 1.29 is 31.1 Å². The Balaban J connectivity index is 1.60. The molecule has 1 aromatic carbocycles. The Morgan fingerprint density at radius 3 is 2.22 bits per heavy atom. The van der Waals surface area contributed by atoms with E-state index in [2.05, 4.69) is 15.0 Å². The van der Waals surface area contributed by atoms with Crippen molar-refractivity contribution >= 4 is 15.9 Å². The van der Waals surface area contributed by atoms with E-state index in [1.54, 1.807) is 0 Å². The fraction of sp³-hybridized carbons (Fsp3) is 0.562. The third kappa shape index (κ3) is 4.90. The first-order chi connectivity index (χ1) is 12.6. The zero-order chi connectivity index (χ0) is 19.7. The second-order valence-electron chi connectivity index (χ2n) is 6.46. The maximum absolute atomic E-state index is 12.7. The van der Waals surface area contributed by atoms with E-state index in [0.29, 0.717) is 26.1 Å². The maximum Gasteiger partial charge on any atom is 0.573 e. The number of hydrogen-bond acceptors (Lipinski definition) is 5. The Labute approximate surface area is 155 Å². The van der Waals surface area contributed by atoms with Crippen LogP contribution in [0.3, 0.4) is 0 Å². The summed E-state index contributed by atoms with van der Waals surface area (Å²) in [5.74, 6) is -0.434. The molecule has 1 N–H and O–H groups in total. The number of carbonyl (C=O) groups is 1. The number of piperazine rings is 1. The van der Waals surface area contributed by atoms with E-state index in [9.17, 15) is 26.4 Å². The molecule has 0 aliphatic carbocycles. The minimum absolute atomic E-state index is 0.0328. The summed E-state index contributed by atoms with van der Waals surface area (Å²) < 4.78 is 67.1. The number of carbonyl (C=O) groups excluding carboxylic acids is 1. The van der Waals surface area contributed by atoms with Gasteiger partial charge in [0.15, 0.2) is 0 Å². The van der Waals surface area contributed by atoms with Crippen LogP contribution in [0.5, 0.6) is 5.75 Å². The van der Waals surface area contributed by atoms with Crippen molar-refractivity contribution in [1.82, 2.24) is 14.5 Å². The number of ether oxygens (including phenoxy) is 1.